The number of nitrogens with one attached hydrogen (secondary N) is 1. The van der Waals surface area contributed by atoms with Gasteiger partial charge in [0, 0.05) is 30.1 Å². The van der Waals surface area contributed by atoms with Crippen LogP contribution in [-0.4, -0.2) is 10.4 Å². The van der Waals surface area contributed by atoms with Crippen LogP contribution in [0.4, 0.5) is 0 Å². The summed E-state index contributed by atoms with van der Waals surface area (Å²) in [5.74, 6) is 0.217. The van der Waals surface area contributed by atoms with Crippen molar-refractivity contribution in [3.8, 4) is 0 Å². The van der Waals surface area contributed by atoms with Gasteiger partial charge in [-0.3, -0.25) is 5.41 Å². The maximum Gasteiger partial charge on any atom is 0.0951 e. The average molecular weight is 201 g/mol. The van der Waals surface area contributed by atoms with E-state index in [1.165, 1.54) is 22.2 Å². The van der Waals surface area contributed by atoms with E-state index >= 15 is 0 Å². The number of hydrogen-bond acceptors (Lipinski definition) is 1. The van der Waals surface area contributed by atoms with Gasteiger partial charge in [-0.15, -0.1) is 0 Å². The highest BCUT2D eigenvalue weighted by atomic mass is 14.9. The van der Waals surface area contributed by atoms with Crippen molar-refractivity contribution < 1.29 is 0 Å². The van der Waals surface area contributed by atoms with Crippen molar-refractivity contribution in [2.45, 2.75) is 13.3 Å². The van der Waals surface area contributed by atoms with Gasteiger partial charge in [0.25, 0.3) is 0 Å². The minimum absolute atomic E-state index is 0.217. The van der Waals surface area contributed by atoms with Crippen LogP contribution >= 0.6 is 0 Å². The number of aryl methyl sites for hydroxylation is 1. The van der Waals surface area contributed by atoms with Gasteiger partial charge in [-0.05, 0) is 18.6 Å². The van der Waals surface area contributed by atoms with E-state index in [-0.39, 0.29) is 5.84 Å². The van der Waals surface area contributed by atoms with Gasteiger partial charge in [-0.1, -0.05) is 18.2 Å². The summed E-state index contributed by atoms with van der Waals surface area (Å²) in [6.45, 7) is 2.07. The van der Waals surface area contributed by atoms with Crippen molar-refractivity contribution in [1.82, 2.24) is 4.57 Å². The Morgan fingerprint density at radius 1 is 1.40 bits per heavy atom. The van der Waals surface area contributed by atoms with Crippen molar-refractivity contribution in [2.24, 2.45) is 12.8 Å². The molecule has 1 aromatic carbocycles. The quantitative estimate of drug-likeness (QED) is 0.566. The highest BCUT2D eigenvalue weighted by Crippen LogP contribution is 2.24. The zero-order valence-corrected chi connectivity index (χ0v) is 9.04. The number of hydrogen-bond donors (Lipinski definition) is 2. The molecule has 0 amide bonds. The summed E-state index contributed by atoms with van der Waals surface area (Å²) in [4.78, 5) is 0. The third kappa shape index (κ3) is 1.50. The van der Waals surface area contributed by atoms with E-state index in [0.717, 1.165) is 0 Å². The molecule has 0 aliphatic carbocycles. The minimum atomic E-state index is 0.217. The van der Waals surface area contributed by atoms with Crippen LogP contribution in [-0.2, 0) is 13.5 Å². The summed E-state index contributed by atoms with van der Waals surface area (Å²) >= 11 is 0. The van der Waals surface area contributed by atoms with Crippen molar-refractivity contribution in [2.75, 3.05) is 0 Å². The zero-order chi connectivity index (χ0) is 11.0. The second-order valence-corrected chi connectivity index (χ2v) is 3.84. The molecule has 0 fully saturated rings. The van der Waals surface area contributed by atoms with Gasteiger partial charge in [-0.2, -0.15) is 0 Å². The number of rotatable bonds is 2. The molecule has 0 unspecified atom stereocenters. The number of nitrogens with two attached hydrogens (primary N) is 1. The molecule has 15 heavy (non-hydrogen) atoms. The van der Waals surface area contributed by atoms with E-state index in [2.05, 4.69) is 23.6 Å². The molecule has 1 aromatic heterocycles. The molecule has 0 aliphatic heterocycles. The van der Waals surface area contributed by atoms with Crippen molar-refractivity contribution >= 4 is 16.7 Å². The number of fused-ring (bicyclic) bond motifs is 1. The SMILES string of the molecule is Cc1c(CC(=N)N)c2ccccc2n1C. The van der Waals surface area contributed by atoms with Crippen LogP contribution in [0, 0.1) is 12.3 Å². The van der Waals surface area contributed by atoms with Crippen LogP contribution < -0.4 is 5.73 Å². The van der Waals surface area contributed by atoms with E-state index in [0.29, 0.717) is 6.42 Å². The monoisotopic (exact) mass is 201 g/mol. The molecule has 2 aromatic rings. The Hall–Kier alpha value is -1.77. The summed E-state index contributed by atoms with van der Waals surface area (Å²) < 4.78 is 2.15. The van der Waals surface area contributed by atoms with Crippen LogP contribution in [0.2, 0.25) is 0 Å². The fraction of sp³-hybridized carbons (Fsp3) is 0.250. The van der Waals surface area contributed by atoms with E-state index in [1.54, 1.807) is 0 Å². The van der Waals surface area contributed by atoms with E-state index in [4.69, 9.17) is 11.1 Å². The Bertz CT molecular complexity index is 523. The maximum absolute atomic E-state index is 7.38. The van der Waals surface area contributed by atoms with Crippen LogP contribution in [0.15, 0.2) is 24.3 Å². The lowest BCUT2D eigenvalue weighted by Gasteiger charge is -2.00. The topological polar surface area (TPSA) is 54.8 Å². The smallest absolute Gasteiger partial charge is 0.0951 e. The number of nitrogens with zero attached hydrogens (tertiary/aromatic N) is 1. The first kappa shape index (κ1) is 9.77. The average Bonchev–Trinajstić information content (AvgIpc) is 2.44. The highest BCUT2D eigenvalue weighted by molar-refractivity contribution is 5.90. The summed E-state index contributed by atoms with van der Waals surface area (Å²) in [5, 5.41) is 8.58. The van der Waals surface area contributed by atoms with Gasteiger partial charge in [0.2, 0.25) is 0 Å². The van der Waals surface area contributed by atoms with Crippen LogP contribution in [0.5, 0.6) is 0 Å². The van der Waals surface area contributed by atoms with Gasteiger partial charge in [0.1, 0.15) is 0 Å². The fourth-order valence-corrected chi connectivity index (χ4v) is 2.01. The molecule has 0 atom stereocenters. The minimum Gasteiger partial charge on any atom is -0.387 e. The van der Waals surface area contributed by atoms with Gasteiger partial charge in [-0.25, -0.2) is 0 Å². The Balaban J connectivity index is 2.72. The van der Waals surface area contributed by atoms with Crippen molar-refractivity contribution in [1.29, 1.82) is 5.41 Å². The van der Waals surface area contributed by atoms with E-state index in [9.17, 15) is 0 Å². The lowest BCUT2D eigenvalue weighted by Crippen LogP contribution is -2.13. The third-order valence-corrected chi connectivity index (χ3v) is 2.90. The van der Waals surface area contributed by atoms with Gasteiger partial charge >= 0.3 is 0 Å². The third-order valence-electron chi connectivity index (χ3n) is 2.90. The largest absolute Gasteiger partial charge is 0.387 e. The van der Waals surface area contributed by atoms with Gasteiger partial charge in [0.15, 0.2) is 0 Å². The molecule has 78 valence electrons. The normalized spacial score (nSPS) is 10.8. The molecule has 2 rings (SSSR count). The number of aromatic nitrogens is 1. The summed E-state index contributed by atoms with van der Waals surface area (Å²) in [6.07, 6.45) is 0.535. The van der Waals surface area contributed by atoms with Crippen molar-refractivity contribution in [3.05, 3.63) is 35.5 Å². The molecule has 3 nitrogen and oxygen atoms in total. The molecule has 0 bridgehead atoms. The summed E-state index contributed by atoms with van der Waals surface area (Å²) in [6, 6.07) is 8.22. The number of benzene rings is 1. The molecule has 0 saturated heterocycles. The van der Waals surface area contributed by atoms with E-state index in [1.807, 2.05) is 19.2 Å². The molecular weight excluding hydrogens is 186 g/mol. The number of amidine groups is 1. The lowest BCUT2D eigenvalue weighted by atomic mass is 10.1. The second-order valence-electron chi connectivity index (χ2n) is 3.84. The molecule has 1 heterocycles. The molecule has 3 heteroatoms. The standard InChI is InChI=1S/C12H15N3/c1-8-10(7-12(13)14)9-5-3-4-6-11(9)15(8)2/h3-6H,7H2,1-2H3,(H3,13,14). The lowest BCUT2D eigenvalue weighted by molar-refractivity contribution is 0.906. The number of para-hydroxylation sites is 1. The van der Waals surface area contributed by atoms with Gasteiger partial charge in [0.05, 0.1) is 5.84 Å². The van der Waals surface area contributed by atoms with Gasteiger partial charge < -0.3 is 10.3 Å². The Kier molecular flexibility index (Phi) is 2.23. The molecular formula is C12H15N3. The molecule has 0 saturated carbocycles. The Morgan fingerprint density at radius 3 is 2.73 bits per heavy atom. The Morgan fingerprint density at radius 2 is 2.07 bits per heavy atom. The molecule has 3 N–H and O–H groups in total. The fourth-order valence-electron chi connectivity index (χ4n) is 2.01. The van der Waals surface area contributed by atoms with Crippen LogP contribution in [0.1, 0.15) is 11.3 Å². The van der Waals surface area contributed by atoms with Crippen LogP contribution in [0.25, 0.3) is 10.9 Å². The zero-order valence-electron chi connectivity index (χ0n) is 9.04. The first-order valence-corrected chi connectivity index (χ1v) is 4.97. The maximum atomic E-state index is 7.38. The highest BCUT2D eigenvalue weighted by Gasteiger charge is 2.11. The second kappa shape index (κ2) is 3.42. The molecule has 0 radical (unpaired) electrons. The molecule has 0 aliphatic rings. The molecule has 0 spiro atoms. The summed E-state index contributed by atoms with van der Waals surface area (Å²) in [7, 11) is 2.04. The first-order chi connectivity index (χ1) is 7.11. The first-order valence-electron chi connectivity index (χ1n) is 4.97. The Labute approximate surface area is 89.0 Å². The summed E-state index contributed by atoms with van der Waals surface area (Å²) in [5.41, 5.74) is 9.02. The predicted octanol–water partition coefficient (Wildman–Crippen LogP) is 1.97. The van der Waals surface area contributed by atoms with Crippen LogP contribution in [0.3, 0.4) is 0 Å². The van der Waals surface area contributed by atoms with Crippen molar-refractivity contribution in [3.63, 3.8) is 0 Å². The van der Waals surface area contributed by atoms with E-state index < -0.39 is 0 Å². The predicted molar refractivity (Wildman–Crippen MR) is 63.3 cm³/mol.